The fourth-order valence-corrected chi connectivity index (χ4v) is 2.33. The highest BCUT2D eigenvalue weighted by molar-refractivity contribution is 7.98. The minimum absolute atomic E-state index is 0.0394. The predicted octanol–water partition coefficient (Wildman–Crippen LogP) is 2.60. The number of amides is 1. The molecule has 0 bridgehead atoms. The van der Waals surface area contributed by atoms with Crippen LogP contribution in [0.2, 0.25) is 0 Å². The Morgan fingerprint density at radius 2 is 2.19 bits per heavy atom. The second kappa shape index (κ2) is 10.3. The summed E-state index contributed by atoms with van der Waals surface area (Å²) in [7, 11) is 0. The van der Waals surface area contributed by atoms with Crippen LogP contribution in [-0.2, 0) is 0 Å². The molecule has 1 amide bonds. The number of carbonyl (C=O) groups is 1. The molecule has 4 heteroatoms. The summed E-state index contributed by atoms with van der Waals surface area (Å²) in [5, 5.41) is 11.7. The average molecular weight is 305 g/mol. The molecule has 21 heavy (non-hydrogen) atoms. The van der Waals surface area contributed by atoms with Gasteiger partial charge in [0.15, 0.2) is 0 Å². The molecular formula is C17H23NO2S. The molecule has 0 fully saturated rings. The van der Waals surface area contributed by atoms with Gasteiger partial charge in [0.2, 0.25) is 0 Å². The van der Waals surface area contributed by atoms with Crippen molar-refractivity contribution in [1.82, 2.24) is 5.32 Å². The van der Waals surface area contributed by atoms with Crippen molar-refractivity contribution in [3.05, 3.63) is 34.9 Å². The van der Waals surface area contributed by atoms with Crippen molar-refractivity contribution in [2.45, 2.75) is 26.2 Å². The summed E-state index contributed by atoms with van der Waals surface area (Å²) in [5.74, 6) is 6.92. The number of aryl methyl sites for hydroxylation is 1. The van der Waals surface area contributed by atoms with Crippen molar-refractivity contribution in [3.8, 4) is 11.8 Å². The third-order valence-corrected chi connectivity index (χ3v) is 3.71. The van der Waals surface area contributed by atoms with Crippen molar-refractivity contribution < 1.29 is 9.90 Å². The van der Waals surface area contributed by atoms with E-state index >= 15 is 0 Å². The molecule has 3 nitrogen and oxygen atoms in total. The lowest BCUT2D eigenvalue weighted by Gasteiger charge is -2.08. The van der Waals surface area contributed by atoms with Crippen molar-refractivity contribution in [2.75, 3.05) is 25.2 Å². The SMILES string of the molecule is CSCCCCNC(=O)c1cc(C#CCCO)ccc1C. The molecule has 0 atom stereocenters. The molecule has 1 rings (SSSR count). The Kier molecular flexibility index (Phi) is 8.65. The molecule has 0 saturated heterocycles. The van der Waals surface area contributed by atoms with Gasteiger partial charge in [0.25, 0.3) is 5.91 Å². The van der Waals surface area contributed by atoms with Gasteiger partial charge >= 0.3 is 0 Å². The van der Waals surface area contributed by atoms with Crippen LogP contribution in [0.1, 0.15) is 40.7 Å². The summed E-state index contributed by atoms with van der Waals surface area (Å²) < 4.78 is 0. The van der Waals surface area contributed by atoms with Crippen molar-refractivity contribution in [1.29, 1.82) is 0 Å². The smallest absolute Gasteiger partial charge is 0.251 e. The van der Waals surface area contributed by atoms with Gasteiger partial charge in [-0.1, -0.05) is 17.9 Å². The number of hydrogen-bond acceptors (Lipinski definition) is 3. The van der Waals surface area contributed by atoms with Crippen LogP contribution < -0.4 is 5.32 Å². The van der Waals surface area contributed by atoms with E-state index in [4.69, 9.17) is 5.11 Å². The third kappa shape index (κ3) is 6.70. The maximum absolute atomic E-state index is 12.2. The molecular weight excluding hydrogens is 282 g/mol. The van der Waals surface area contributed by atoms with E-state index in [0.717, 1.165) is 29.7 Å². The van der Waals surface area contributed by atoms with Crippen LogP contribution in [0.25, 0.3) is 0 Å². The second-order valence-electron chi connectivity index (χ2n) is 4.76. The highest BCUT2D eigenvalue weighted by Gasteiger charge is 2.08. The molecule has 0 spiro atoms. The Bertz CT molecular complexity index is 517. The van der Waals surface area contributed by atoms with Gasteiger partial charge in [-0.15, -0.1) is 0 Å². The second-order valence-corrected chi connectivity index (χ2v) is 5.75. The molecule has 0 unspecified atom stereocenters. The molecule has 0 radical (unpaired) electrons. The lowest BCUT2D eigenvalue weighted by Crippen LogP contribution is -2.25. The monoisotopic (exact) mass is 305 g/mol. The Balaban J connectivity index is 2.62. The summed E-state index contributed by atoms with van der Waals surface area (Å²) >= 11 is 1.82. The zero-order valence-corrected chi connectivity index (χ0v) is 13.6. The van der Waals surface area contributed by atoms with Crippen LogP contribution in [0, 0.1) is 18.8 Å². The van der Waals surface area contributed by atoms with Crippen LogP contribution >= 0.6 is 11.8 Å². The standard InChI is InChI=1S/C17H23NO2S/c1-14-8-9-15(7-3-5-11-19)13-16(14)17(20)18-10-4-6-12-21-2/h8-9,13,19H,4-6,10-12H2,1-2H3,(H,18,20). The average Bonchev–Trinajstić information content (AvgIpc) is 2.48. The largest absolute Gasteiger partial charge is 0.395 e. The van der Waals surface area contributed by atoms with Crippen molar-refractivity contribution in [2.24, 2.45) is 0 Å². The Hall–Kier alpha value is -1.44. The first-order valence-electron chi connectivity index (χ1n) is 7.16. The summed E-state index contributed by atoms with van der Waals surface area (Å²) in [6, 6.07) is 5.62. The number of carbonyl (C=O) groups excluding carboxylic acids is 1. The lowest BCUT2D eigenvalue weighted by atomic mass is 10.0. The lowest BCUT2D eigenvalue weighted by molar-refractivity contribution is 0.0952. The molecule has 0 saturated carbocycles. The van der Waals surface area contributed by atoms with Gasteiger partial charge in [-0.25, -0.2) is 0 Å². The van der Waals surface area contributed by atoms with Gasteiger partial charge < -0.3 is 10.4 Å². The van der Waals surface area contributed by atoms with E-state index in [1.807, 2.05) is 36.9 Å². The van der Waals surface area contributed by atoms with E-state index in [9.17, 15) is 4.79 Å². The zero-order valence-electron chi connectivity index (χ0n) is 12.7. The van der Waals surface area contributed by atoms with Crippen molar-refractivity contribution >= 4 is 17.7 Å². The van der Waals surface area contributed by atoms with Crippen LogP contribution in [0.4, 0.5) is 0 Å². The van der Waals surface area contributed by atoms with Gasteiger partial charge in [-0.3, -0.25) is 4.79 Å². The number of benzene rings is 1. The van der Waals surface area contributed by atoms with Crippen LogP contribution in [0.3, 0.4) is 0 Å². The van der Waals surface area contributed by atoms with E-state index in [1.54, 1.807) is 0 Å². The summed E-state index contributed by atoms with van der Waals surface area (Å²) in [6.07, 6.45) is 4.66. The number of nitrogens with one attached hydrogen (secondary N) is 1. The molecule has 114 valence electrons. The highest BCUT2D eigenvalue weighted by atomic mass is 32.2. The van der Waals surface area contributed by atoms with Gasteiger partial charge in [-0.2, -0.15) is 11.8 Å². The third-order valence-electron chi connectivity index (χ3n) is 3.01. The van der Waals surface area contributed by atoms with Gasteiger partial charge in [-0.05, 0) is 49.5 Å². The van der Waals surface area contributed by atoms with Crippen LogP contribution in [-0.4, -0.2) is 36.2 Å². The number of aliphatic hydroxyl groups excluding tert-OH is 1. The molecule has 1 aromatic carbocycles. The molecule has 0 aliphatic carbocycles. The minimum atomic E-state index is -0.0394. The molecule has 0 heterocycles. The molecule has 1 aromatic rings. The first kappa shape index (κ1) is 17.6. The quantitative estimate of drug-likeness (QED) is 0.601. The topological polar surface area (TPSA) is 49.3 Å². The van der Waals surface area contributed by atoms with Gasteiger partial charge in [0, 0.05) is 24.1 Å². The van der Waals surface area contributed by atoms with E-state index < -0.39 is 0 Å². The normalized spacial score (nSPS) is 9.86. The predicted molar refractivity (Wildman–Crippen MR) is 89.7 cm³/mol. The number of hydrogen-bond donors (Lipinski definition) is 2. The Morgan fingerprint density at radius 1 is 1.38 bits per heavy atom. The number of thioether (sulfide) groups is 1. The van der Waals surface area contributed by atoms with E-state index in [1.165, 1.54) is 0 Å². The Morgan fingerprint density at radius 3 is 2.90 bits per heavy atom. The Labute approximate surface area is 131 Å². The number of rotatable bonds is 7. The number of unbranched alkanes of at least 4 members (excludes halogenated alkanes) is 1. The summed E-state index contributed by atoms with van der Waals surface area (Å²) in [6.45, 7) is 2.69. The first-order chi connectivity index (χ1) is 10.2. The maximum Gasteiger partial charge on any atom is 0.251 e. The van der Waals surface area contributed by atoms with Crippen LogP contribution in [0.15, 0.2) is 18.2 Å². The summed E-state index contributed by atoms with van der Waals surface area (Å²) in [4.78, 5) is 12.2. The molecule has 0 aliphatic rings. The van der Waals surface area contributed by atoms with Crippen LogP contribution in [0.5, 0.6) is 0 Å². The zero-order chi connectivity index (χ0) is 15.5. The molecule has 2 N–H and O–H groups in total. The van der Waals surface area contributed by atoms with Gasteiger partial charge in [0.05, 0.1) is 6.61 Å². The van der Waals surface area contributed by atoms with Crippen molar-refractivity contribution in [3.63, 3.8) is 0 Å². The fraction of sp³-hybridized carbons (Fsp3) is 0.471. The van der Waals surface area contributed by atoms with Gasteiger partial charge in [0.1, 0.15) is 0 Å². The van der Waals surface area contributed by atoms with E-state index in [0.29, 0.717) is 18.5 Å². The van der Waals surface area contributed by atoms with E-state index in [-0.39, 0.29) is 12.5 Å². The first-order valence-corrected chi connectivity index (χ1v) is 8.56. The number of aliphatic hydroxyl groups is 1. The molecule has 0 aliphatic heterocycles. The summed E-state index contributed by atoms with van der Waals surface area (Å²) in [5.41, 5.74) is 2.43. The van der Waals surface area contributed by atoms with E-state index in [2.05, 4.69) is 23.4 Å². The highest BCUT2D eigenvalue weighted by Crippen LogP contribution is 2.11. The minimum Gasteiger partial charge on any atom is -0.395 e. The maximum atomic E-state index is 12.2. The molecule has 0 aromatic heterocycles. The fourth-order valence-electron chi connectivity index (χ4n) is 1.83.